The predicted molar refractivity (Wildman–Crippen MR) is 67.0 cm³/mol. The lowest BCUT2D eigenvalue weighted by molar-refractivity contribution is 0.0984. The average Bonchev–Trinajstić information content (AvgIpc) is 2.30. The molecule has 1 saturated heterocycles. The van der Waals surface area contributed by atoms with E-state index >= 15 is 0 Å². The minimum Gasteiger partial charge on any atom is -0.398 e. The smallest absolute Gasteiger partial charge is 0.250 e. The first kappa shape index (κ1) is 12.6. The van der Waals surface area contributed by atoms with Crippen LogP contribution in [-0.4, -0.2) is 31.7 Å². The molecule has 2 rings (SSSR count). The Hall–Kier alpha value is -1.82. The highest BCUT2D eigenvalue weighted by atomic mass is 19.1. The summed E-state index contributed by atoms with van der Waals surface area (Å²) in [5, 5.41) is 0. The predicted octanol–water partition coefficient (Wildman–Crippen LogP) is 0.732. The zero-order chi connectivity index (χ0) is 13.3. The van der Waals surface area contributed by atoms with Gasteiger partial charge >= 0.3 is 0 Å². The third-order valence-electron chi connectivity index (χ3n) is 3.06. The molecule has 98 valence electrons. The Balaban J connectivity index is 2.43. The normalized spacial score (nSPS) is 19.9. The lowest BCUT2D eigenvalue weighted by Crippen LogP contribution is -2.44. The van der Waals surface area contributed by atoms with Crippen LogP contribution in [0, 0.1) is 5.82 Å². The van der Waals surface area contributed by atoms with Crippen molar-refractivity contribution in [1.29, 1.82) is 0 Å². The Labute approximate surface area is 104 Å². The van der Waals surface area contributed by atoms with Crippen LogP contribution in [0.4, 0.5) is 15.8 Å². The first-order valence-corrected chi connectivity index (χ1v) is 5.74. The molecule has 1 aromatic carbocycles. The fraction of sp³-hybridized carbons (Fsp3) is 0.417. The quantitative estimate of drug-likeness (QED) is 0.761. The monoisotopic (exact) mass is 253 g/mol. The van der Waals surface area contributed by atoms with Gasteiger partial charge in [-0.15, -0.1) is 0 Å². The molecule has 1 atom stereocenters. The second-order valence-corrected chi connectivity index (χ2v) is 4.37. The zero-order valence-corrected chi connectivity index (χ0v) is 10.1. The highest BCUT2D eigenvalue weighted by Crippen LogP contribution is 2.27. The third kappa shape index (κ3) is 2.24. The van der Waals surface area contributed by atoms with Crippen LogP contribution in [-0.2, 0) is 4.74 Å². The van der Waals surface area contributed by atoms with Gasteiger partial charge in [0, 0.05) is 18.3 Å². The molecular weight excluding hydrogens is 237 g/mol. The van der Waals surface area contributed by atoms with E-state index in [1.807, 2.05) is 11.8 Å². The van der Waals surface area contributed by atoms with Crippen LogP contribution in [0.1, 0.15) is 17.3 Å². The molecule has 1 amide bonds. The number of hydrogen-bond acceptors (Lipinski definition) is 4. The van der Waals surface area contributed by atoms with Crippen molar-refractivity contribution in [3.63, 3.8) is 0 Å². The maximum absolute atomic E-state index is 13.9. The van der Waals surface area contributed by atoms with E-state index in [0.717, 1.165) is 6.07 Å². The van der Waals surface area contributed by atoms with E-state index < -0.39 is 11.7 Å². The summed E-state index contributed by atoms with van der Waals surface area (Å²) in [5.41, 5.74) is 11.3. The number of ether oxygens (including phenoxy) is 1. The van der Waals surface area contributed by atoms with Crippen LogP contribution >= 0.6 is 0 Å². The van der Waals surface area contributed by atoms with Gasteiger partial charge in [-0.25, -0.2) is 4.39 Å². The summed E-state index contributed by atoms with van der Waals surface area (Å²) in [5.74, 6) is -1.11. The van der Waals surface area contributed by atoms with E-state index in [1.54, 1.807) is 0 Å². The molecule has 0 saturated carbocycles. The first-order valence-electron chi connectivity index (χ1n) is 5.74. The van der Waals surface area contributed by atoms with Crippen molar-refractivity contribution >= 4 is 17.3 Å². The lowest BCUT2D eigenvalue weighted by atomic mass is 10.1. The van der Waals surface area contributed by atoms with Crippen LogP contribution in [0.2, 0.25) is 0 Å². The van der Waals surface area contributed by atoms with E-state index in [0.29, 0.717) is 25.4 Å². The van der Waals surface area contributed by atoms with Crippen LogP contribution in [0.15, 0.2) is 12.1 Å². The maximum atomic E-state index is 13.9. The standard InChI is InChI=1S/C12H16FN3O2/c1-7-6-18-3-2-16(7)11-4-8(12(15)17)10(14)5-9(11)13/h4-5,7H,2-3,6,14H2,1H3,(H2,15,17). The molecule has 1 aliphatic rings. The van der Waals surface area contributed by atoms with Crippen molar-refractivity contribution in [2.75, 3.05) is 30.4 Å². The van der Waals surface area contributed by atoms with Crippen molar-refractivity contribution in [2.45, 2.75) is 13.0 Å². The van der Waals surface area contributed by atoms with E-state index in [2.05, 4.69) is 0 Å². The van der Waals surface area contributed by atoms with Crippen molar-refractivity contribution in [3.8, 4) is 0 Å². The number of primary amides is 1. The van der Waals surface area contributed by atoms with Crippen LogP contribution in [0.25, 0.3) is 0 Å². The molecule has 1 aliphatic heterocycles. The molecular formula is C12H16FN3O2. The number of nitrogen functional groups attached to an aromatic ring is 1. The van der Waals surface area contributed by atoms with E-state index in [1.165, 1.54) is 6.07 Å². The Morgan fingerprint density at radius 1 is 1.56 bits per heavy atom. The molecule has 0 aromatic heterocycles. The van der Waals surface area contributed by atoms with Gasteiger partial charge in [-0.05, 0) is 19.1 Å². The number of hydrogen-bond donors (Lipinski definition) is 2. The number of nitrogens with two attached hydrogens (primary N) is 2. The van der Waals surface area contributed by atoms with Crippen molar-refractivity contribution in [1.82, 2.24) is 0 Å². The zero-order valence-electron chi connectivity index (χ0n) is 10.1. The summed E-state index contributed by atoms with van der Waals surface area (Å²) >= 11 is 0. The summed E-state index contributed by atoms with van der Waals surface area (Å²) in [6.07, 6.45) is 0. The van der Waals surface area contributed by atoms with E-state index in [-0.39, 0.29) is 17.3 Å². The number of anilines is 2. The second kappa shape index (κ2) is 4.81. The van der Waals surface area contributed by atoms with Gasteiger partial charge in [-0.1, -0.05) is 0 Å². The number of morpholine rings is 1. The molecule has 0 aliphatic carbocycles. The molecule has 0 bridgehead atoms. The Morgan fingerprint density at radius 2 is 2.28 bits per heavy atom. The fourth-order valence-corrected chi connectivity index (χ4v) is 2.10. The van der Waals surface area contributed by atoms with Gasteiger partial charge in [-0.2, -0.15) is 0 Å². The second-order valence-electron chi connectivity index (χ2n) is 4.37. The topological polar surface area (TPSA) is 81.6 Å². The molecule has 4 N–H and O–H groups in total. The molecule has 1 heterocycles. The highest BCUT2D eigenvalue weighted by molar-refractivity contribution is 5.99. The molecule has 6 heteroatoms. The highest BCUT2D eigenvalue weighted by Gasteiger charge is 2.23. The van der Waals surface area contributed by atoms with Gasteiger partial charge in [0.2, 0.25) is 0 Å². The summed E-state index contributed by atoms with van der Waals surface area (Å²) in [7, 11) is 0. The molecule has 1 unspecified atom stereocenters. The van der Waals surface area contributed by atoms with Crippen LogP contribution < -0.4 is 16.4 Å². The molecule has 1 fully saturated rings. The molecule has 18 heavy (non-hydrogen) atoms. The largest absolute Gasteiger partial charge is 0.398 e. The Bertz CT molecular complexity index is 479. The maximum Gasteiger partial charge on any atom is 0.250 e. The van der Waals surface area contributed by atoms with Gasteiger partial charge in [0.05, 0.1) is 24.5 Å². The number of halogens is 1. The SMILES string of the molecule is CC1COCCN1c1cc(C(N)=O)c(N)cc1F. The minimum absolute atomic E-state index is 0.0394. The molecule has 5 nitrogen and oxygen atoms in total. The first-order chi connectivity index (χ1) is 8.50. The number of carbonyl (C=O) groups excluding carboxylic acids is 1. The summed E-state index contributed by atoms with van der Waals surface area (Å²) in [6, 6.07) is 2.59. The average molecular weight is 253 g/mol. The lowest BCUT2D eigenvalue weighted by Gasteiger charge is -2.35. The van der Waals surface area contributed by atoms with Crippen molar-refractivity contribution < 1.29 is 13.9 Å². The van der Waals surface area contributed by atoms with E-state index in [4.69, 9.17) is 16.2 Å². The third-order valence-corrected chi connectivity index (χ3v) is 3.06. The molecule has 0 radical (unpaired) electrons. The summed E-state index contributed by atoms with van der Waals surface area (Å²) in [4.78, 5) is 13.1. The van der Waals surface area contributed by atoms with Crippen molar-refractivity contribution in [3.05, 3.63) is 23.5 Å². The Kier molecular flexibility index (Phi) is 3.38. The fourth-order valence-electron chi connectivity index (χ4n) is 2.10. The van der Waals surface area contributed by atoms with E-state index in [9.17, 15) is 9.18 Å². The summed E-state index contributed by atoms with van der Waals surface area (Å²) < 4.78 is 19.2. The van der Waals surface area contributed by atoms with Crippen LogP contribution in [0.5, 0.6) is 0 Å². The molecule has 0 spiro atoms. The number of amides is 1. The van der Waals surface area contributed by atoms with Gasteiger partial charge in [0.25, 0.3) is 5.91 Å². The van der Waals surface area contributed by atoms with Crippen molar-refractivity contribution in [2.24, 2.45) is 5.73 Å². The molecule has 1 aromatic rings. The minimum atomic E-state index is -0.658. The number of benzene rings is 1. The van der Waals surface area contributed by atoms with Gasteiger partial charge in [0.1, 0.15) is 5.82 Å². The number of nitrogens with zero attached hydrogens (tertiary/aromatic N) is 1. The van der Waals surface area contributed by atoms with Gasteiger partial charge in [0.15, 0.2) is 0 Å². The van der Waals surface area contributed by atoms with Gasteiger partial charge < -0.3 is 21.1 Å². The van der Waals surface area contributed by atoms with Gasteiger partial charge in [-0.3, -0.25) is 4.79 Å². The van der Waals surface area contributed by atoms with Crippen LogP contribution in [0.3, 0.4) is 0 Å². The number of rotatable bonds is 2. The Morgan fingerprint density at radius 3 is 2.89 bits per heavy atom. The number of carbonyl (C=O) groups is 1. The summed E-state index contributed by atoms with van der Waals surface area (Å²) in [6.45, 7) is 3.55.